The van der Waals surface area contributed by atoms with Gasteiger partial charge in [0.05, 0.1) is 9.79 Å². The average molecular weight is 502 g/mol. The summed E-state index contributed by atoms with van der Waals surface area (Å²) in [5.74, 6) is -0.525. The number of amides is 1. The number of rotatable bonds is 8. The second kappa shape index (κ2) is 9.96. The van der Waals surface area contributed by atoms with Crippen LogP contribution in [-0.2, 0) is 20.0 Å². The topological polar surface area (TPSA) is 113 Å². The molecular weight excluding hydrogens is 474 g/mol. The Morgan fingerprint density at radius 3 is 2.09 bits per heavy atom. The highest BCUT2D eigenvalue weighted by Gasteiger charge is 2.23. The Bertz CT molecular complexity index is 1400. The maximum atomic E-state index is 12.8. The molecule has 3 aromatic carbocycles. The quantitative estimate of drug-likeness (QED) is 0.483. The summed E-state index contributed by atoms with van der Waals surface area (Å²) in [4.78, 5) is 12.8. The minimum Gasteiger partial charge on any atom is -0.322 e. The van der Waals surface area contributed by atoms with E-state index in [1.54, 1.807) is 32.0 Å². The van der Waals surface area contributed by atoms with Crippen LogP contribution in [0.3, 0.4) is 0 Å². The molecule has 0 unspecified atom stereocenters. The van der Waals surface area contributed by atoms with Gasteiger partial charge in [0.1, 0.15) is 0 Å². The zero-order chi connectivity index (χ0) is 25.1. The molecule has 0 fully saturated rings. The molecule has 2 N–H and O–H groups in total. The monoisotopic (exact) mass is 501 g/mol. The first kappa shape index (κ1) is 25.4. The summed E-state index contributed by atoms with van der Waals surface area (Å²) < 4.78 is 54.5. The van der Waals surface area contributed by atoms with Gasteiger partial charge in [0.15, 0.2) is 0 Å². The number of hydrogen-bond donors (Lipinski definition) is 2. The van der Waals surface area contributed by atoms with E-state index in [-0.39, 0.29) is 21.4 Å². The largest absolute Gasteiger partial charge is 0.322 e. The fourth-order valence-electron chi connectivity index (χ4n) is 3.08. The SMILES string of the molecule is Cc1cccc(NS(=O)(=O)c2cccc(C(=O)Nc3ccc(S(=O)(=O)N(C)C(C)C)cc3)c2)c1. The summed E-state index contributed by atoms with van der Waals surface area (Å²) in [6, 6.07) is 18.2. The third-order valence-corrected chi connectivity index (χ3v) is 8.62. The number of benzene rings is 3. The molecule has 180 valence electrons. The first-order valence-corrected chi connectivity index (χ1v) is 13.4. The summed E-state index contributed by atoms with van der Waals surface area (Å²) >= 11 is 0. The van der Waals surface area contributed by atoms with Crippen LogP contribution in [-0.4, -0.2) is 40.1 Å². The van der Waals surface area contributed by atoms with Gasteiger partial charge in [-0.05, 0) is 80.9 Å². The normalized spacial score (nSPS) is 12.1. The van der Waals surface area contributed by atoms with Crippen LogP contribution in [0.2, 0.25) is 0 Å². The Morgan fingerprint density at radius 2 is 1.47 bits per heavy atom. The fourth-order valence-corrected chi connectivity index (χ4v) is 5.55. The minimum absolute atomic E-state index is 0.0557. The number of carbonyl (C=O) groups is 1. The third kappa shape index (κ3) is 5.82. The molecule has 34 heavy (non-hydrogen) atoms. The van der Waals surface area contributed by atoms with Gasteiger partial charge in [-0.1, -0.05) is 18.2 Å². The number of carbonyl (C=O) groups excluding carboxylic acids is 1. The van der Waals surface area contributed by atoms with Gasteiger partial charge >= 0.3 is 0 Å². The Hall–Kier alpha value is -3.21. The second-order valence-electron chi connectivity index (χ2n) is 8.10. The molecule has 0 spiro atoms. The van der Waals surface area contributed by atoms with Gasteiger partial charge in [-0.2, -0.15) is 4.31 Å². The van der Waals surface area contributed by atoms with E-state index < -0.39 is 26.0 Å². The Morgan fingerprint density at radius 1 is 0.824 bits per heavy atom. The van der Waals surface area contributed by atoms with Gasteiger partial charge < -0.3 is 5.32 Å². The summed E-state index contributed by atoms with van der Waals surface area (Å²) in [5.41, 5.74) is 1.85. The molecule has 8 nitrogen and oxygen atoms in total. The van der Waals surface area contributed by atoms with Crippen LogP contribution < -0.4 is 10.0 Å². The molecule has 3 aromatic rings. The maximum Gasteiger partial charge on any atom is 0.261 e. The number of anilines is 2. The van der Waals surface area contributed by atoms with Crippen molar-refractivity contribution in [3.63, 3.8) is 0 Å². The van der Waals surface area contributed by atoms with Crippen molar-refractivity contribution in [2.45, 2.75) is 36.6 Å². The standard InChI is InChI=1S/C24H27N3O5S2/c1-17(2)27(4)34(31,32)22-13-11-20(12-14-22)25-24(28)19-8-6-10-23(16-19)33(29,30)26-21-9-5-7-18(3)15-21/h5-17,26H,1-4H3,(H,25,28). The first-order chi connectivity index (χ1) is 15.9. The number of hydrogen-bond acceptors (Lipinski definition) is 5. The van der Waals surface area contributed by atoms with E-state index in [1.165, 1.54) is 59.9 Å². The van der Waals surface area contributed by atoms with Crippen LogP contribution in [0.15, 0.2) is 82.6 Å². The lowest BCUT2D eigenvalue weighted by atomic mass is 10.2. The van der Waals surface area contributed by atoms with Crippen molar-refractivity contribution in [1.29, 1.82) is 0 Å². The van der Waals surface area contributed by atoms with E-state index >= 15 is 0 Å². The number of aryl methyl sites for hydroxylation is 1. The molecule has 10 heteroatoms. The van der Waals surface area contributed by atoms with Crippen molar-refractivity contribution in [2.75, 3.05) is 17.1 Å². The molecule has 0 aromatic heterocycles. The van der Waals surface area contributed by atoms with Crippen LogP contribution in [0.1, 0.15) is 29.8 Å². The molecule has 0 heterocycles. The van der Waals surface area contributed by atoms with Crippen molar-refractivity contribution in [2.24, 2.45) is 0 Å². The van der Waals surface area contributed by atoms with Gasteiger partial charge in [0.25, 0.3) is 15.9 Å². The zero-order valence-electron chi connectivity index (χ0n) is 19.3. The van der Waals surface area contributed by atoms with E-state index in [2.05, 4.69) is 10.0 Å². The molecule has 0 atom stereocenters. The van der Waals surface area contributed by atoms with E-state index in [0.717, 1.165) is 5.56 Å². The Kier molecular flexibility index (Phi) is 7.44. The first-order valence-electron chi connectivity index (χ1n) is 10.5. The third-order valence-electron chi connectivity index (χ3n) is 5.19. The Balaban J connectivity index is 1.77. The number of sulfonamides is 2. The predicted molar refractivity (Wildman–Crippen MR) is 133 cm³/mol. The highest BCUT2D eigenvalue weighted by molar-refractivity contribution is 7.92. The van der Waals surface area contributed by atoms with Crippen molar-refractivity contribution in [1.82, 2.24) is 4.31 Å². The van der Waals surface area contributed by atoms with Crippen molar-refractivity contribution >= 4 is 37.3 Å². The lowest BCUT2D eigenvalue weighted by Gasteiger charge is -2.21. The molecule has 0 aliphatic rings. The van der Waals surface area contributed by atoms with Gasteiger partial charge in [0.2, 0.25) is 10.0 Å². The summed E-state index contributed by atoms with van der Waals surface area (Å²) in [6.45, 7) is 5.40. The lowest BCUT2D eigenvalue weighted by Crippen LogP contribution is -2.33. The van der Waals surface area contributed by atoms with E-state index in [9.17, 15) is 21.6 Å². The van der Waals surface area contributed by atoms with Crippen molar-refractivity contribution in [3.05, 3.63) is 83.9 Å². The molecule has 0 bridgehead atoms. The van der Waals surface area contributed by atoms with Crippen LogP contribution in [0, 0.1) is 6.92 Å². The van der Waals surface area contributed by atoms with Crippen molar-refractivity contribution < 1.29 is 21.6 Å². The highest BCUT2D eigenvalue weighted by Crippen LogP contribution is 2.21. The summed E-state index contributed by atoms with van der Waals surface area (Å²) in [5, 5.41) is 2.66. The molecule has 0 saturated carbocycles. The molecule has 0 saturated heterocycles. The zero-order valence-corrected chi connectivity index (χ0v) is 20.9. The summed E-state index contributed by atoms with van der Waals surface area (Å²) in [7, 11) is -6.03. The van der Waals surface area contributed by atoms with Crippen LogP contribution in [0.5, 0.6) is 0 Å². The smallest absolute Gasteiger partial charge is 0.261 e. The molecule has 0 aliphatic carbocycles. The maximum absolute atomic E-state index is 12.8. The second-order valence-corrected chi connectivity index (χ2v) is 11.8. The highest BCUT2D eigenvalue weighted by atomic mass is 32.2. The van der Waals surface area contributed by atoms with Crippen LogP contribution >= 0.6 is 0 Å². The predicted octanol–water partition coefficient (Wildman–Crippen LogP) is 4.08. The molecule has 0 aliphatic heterocycles. The fraction of sp³-hybridized carbons (Fsp3) is 0.208. The van der Waals surface area contributed by atoms with Gasteiger partial charge in [-0.25, -0.2) is 16.8 Å². The van der Waals surface area contributed by atoms with Gasteiger partial charge in [0, 0.05) is 30.0 Å². The Labute approximate surface area is 200 Å². The van der Waals surface area contributed by atoms with E-state index in [1.807, 2.05) is 13.0 Å². The van der Waals surface area contributed by atoms with Gasteiger partial charge in [-0.15, -0.1) is 0 Å². The van der Waals surface area contributed by atoms with Crippen LogP contribution in [0.4, 0.5) is 11.4 Å². The minimum atomic E-state index is -3.90. The average Bonchev–Trinajstić information content (AvgIpc) is 2.78. The number of nitrogens with one attached hydrogen (secondary N) is 2. The van der Waals surface area contributed by atoms with E-state index in [0.29, 0.717) is 11.4 Å². The van der Waals surface area contributed by atoms with Crippen LogP contribution in [0.25, 0.3) is 0 Å². The van der Waals surface area contributed by atoms with Gasteiger partial charge in [-0.3, -0.25) is 9.52 Å². The molecular formula is C24H27N3O5S2. The summed E-state index contributed by atoms with van der Waals surface area (Å²) in [6.07, 6.45) is 0. The lowest BCUT2D eigenvalue weighted by molar-refractivity contribution is 0.102. The molecule has 0 radical (unpaired) electrons. The van der Waals surface area contributed by atoms with E-state index in [4.69, 9.17) is 0 Å². The van der Waals surface area contributed by atoms with Crippen molar-refractivity contribution in [3.8, 4) is 0 Å². The number of nitrogens with zero attached hydrogens (tertiary/aromatic N) is 1. The molecule has 3 rings (SSSR count). The molecule has 1 amide bonds.